The van der Waals surface area contributed by atoms with Gasteiger partial charge in [0.25, 0.3) is 0 Å². The second kappa shape index (κ2) is 7.54. The molecule has 0 unspecified atom stereocenters. The second-order valence-electron chi connectivity index (χ2n) is 4.61. The van der Waals surface area contributed by atoms with Gasteiger partial charge < -0.3 is 10.6 Å². The average Bonchev–Trinajstić information content (AvgIpc) is 2.82. The standard InChI is InChI=1S/C12H24N2OS2/c1-14(10-5-4-6-11(10)17-3)12(15)9(13)7-8-16-2/h9-11H,4-8,13H2,1-3H3/t9-,10+,11+/m0/s1. The Kier molecular flexibility index (Phi) is 6.74. The van der Waals surface area contributed by atoms with E-state index in [1.54, 1.807) is 11.8 Å². The van der Waals surface area contributed by atoms with E-state index in [-0.39, 0.29) is 11.9 Å². The van der Waals surface area contributed by atoms with E-state index in [0.29, 0.717) is 11.3 Å². The van der Waals surface area contributed by atoms with Crippen LogP contribution in [0.25, 0.3) is 0 Å². The van der Waals surface area contributed by atoms with Crippen LogP contribution in [0, 0.1) is 0 Å². The molecule has 17 heavy (non-hydrogen) atoms. The molecule has 2 N–H and O–H groups in total. The Morgan fingerprint density at radius 2 is 2.18 bits per heavy atom. The molecule has 1 rings (SSSR count). The zero-order valence-corrected chi connectivity index (χ0v) is 12.6. The van der Waals surface area contributed by atoms with Crippen molar-refractivity contribution in [2.75, 3.05) is 25.3 Å². The normalized spacial score (nSPS) is 25.9. The summed E-state index contributed by atoms with van der Waals surface area (Å²) in [5.74, 6) is 1.07. The summed E-state index contributed by atoms with van der Waals surface area (Å²) in [5.41, 5.74) is 5.95. The Morgan fingerprint density at radius 1 is 1.47 bits per heavy atom. The van der Waals surface area contributed by atoms with Gasteiger partial charge in [-0.05, 0) is 37.5 Å². The van der Waals surface area contributed by atoms with Crippen LogP contribution in [0.4, 0.5) is 0 Å². The molecule has 0 spiro atoms. The summed E-state index contributed by atoms with van der Waals surface area (Å²) in [4.78, 5) is 14.1. The van der Waals surface area contributed by atoms with E-state index >= 15 is 0 Å². The highest BCUT2D eigenvalue weighted by Gasteiger charge is 2.33. The maximum atomic E-state index is 12.2. The molecule has 0 radical (unpaired) electrons. The van der Waals surface area contributed by atoms with Gasteiger partial charge in [-0.3, -0.25) is 4.79 Å². The molecule has 1 aliphatic carbocycles. The topological polar surface area (TPSA) is 46.3 Å². The van der Waals surface area contributed by atoms with Gasteiger partial charge in [0.1, 0.15) is 0 Å². The Balaban J connectivity index is 2.50. The molecule has 1 saturated carbocycles. The van der Waals surface area contributed by atoms with E-state index in [9.17, 15) is 4.79 Å². The Bertz CT molecular complexity index is 251. The third-order valence-electron chi connectivity index (χ3n) is 3.52. The van der Waals surface area contributed by atoms with Gasteiger partial charge in [-0.15, -0.1) is 0 Å². The summed E-state index contributed by atoms with van der Waals surface area (Å²) >= 11 is 3.62. The second-order valence-corrected chi connectivity index (χ2v) is 6.67. The molecule has 0 saturated heterocycles. The summed E-state index contributed by atoms with van der Waals surface area (Å²) in [5, 5.41) is 0.594. The number of amides is 1. The lowest BCUT2D eigenvalue weighted by Gasteiger charge is -2.31. The van der Waals surface area contributed by atoms with Gasteiger partial charge in [-0.2, -0.15) is 23.5 Å². The first kappa shape index (κ1) is 15.2. The van der Waals surface area contributed by atoms with Crippen molar-refractivity contribution in [1.82, 2.24) is 4.90 Å². The van der Waals surface area contributed by atoms with Crippen molar-refractivity contribution in [1.29, 1.82) is 0 Å². The number of nitrogens with two attached hydrogens (primary N) is 1. The highest BCUT2D eigenvalue weighted by molar-refractivity contribution is 7.99. The lowest BCUT2D eigenvalue weighted by Crippen LogP contribution is -2.48. The fourth-order valence-corrected chi connectivity index (χ4v) is 3.94. The van der Waals surface area contributed by atoms with Crippen LogP contribution >= 0.6 is 23.5 Å². The molecule has 0 aromatic heterocycles. The minimum Gasteiger partial charge on any atom is -0.340 e. The number of thioether (sulfide) groups is 2. The predicted octanol–water partition coefficient (Wildman–Crippen LogP) is 1.81. The molecule has 5 heteroatoms. The summed E-state index contributed by atoms with van der Waals surface area (Å²) in [6.07, 6.45) is 8.54. The van der Waals surface area contributed by atoms with Crippen molar-refractivity contribution >= 4 is 29.4 Å². The van der Waals surface area contributed by atoms with Crippen LogP contribution in [0.2, 0.25) is 0 Å². The molecule has 0 aromatic carbocycles. The molecule has 1 aliphatic rings. The van der Waals surface area contributed by atoms with Gasteiger partial charge in [0.2, 0.25) is 5.91 Å². The third-order valence-corrected chi connectivity index (χ3v) is 5.32. The molecular weight excluding hydrogens is 252 g/mol. The fourth-order valence-electron chi connectivity index (χ4n) is 2.42. The van der Waals surface area contributed by atoms with Crippen LogP contribution in [-0.2, 0) is 4.79 Å². The smallest absolute Gasteiger partial charge is 0.239 e. The number of nitrogens with zero attached hydrogens (tertiary/aromatic N) is 1. The lowest BCUT2D eigenvalue weighted by atomic mass is 10.1. The fraction of sp³-hybridized carbons (Fsp3) is 0.917. The first-order valence-corrected chi connectivity index (χ1v) is 8.84. The van der Waals surface area contributed by atoms with Crippen LogP contribution in [0.5, 0.6) is 0 Å². The zero-order chi connectivity index (χ0) is 12.8. The predicted molar refractivity (Wildman–Crippen MR) is 78.7 cm³/mol. The van der Waals surface area contributed by atoms with Gasteiger partial charge >= 0.3 is 0 Å². The van der Waals surface area contributed by atoms with Gasteiger partial charge in [-0.1, -0.05) is 6.42 Å². The molecule has 0 aromatic rings. The van der Waals surface area contributed by atoms with Crippen LogP contribution in [0.3, 0.4) is 0 Å². The van der Waals surface area contributed by atoms with Crippen molar-refractivity contribution in [2.45, 2.75) is 43.0 Å². The number of likely N-dealkylation sites (N-methyl/N-ethyl adjacent to an activating group) is 1. The van der Waals surface area contributed by atoms with Gasteiger partial charge in [0.05, 0.1) is 6.04 Å². The highest BCUT2D eigenvalue weighted by Crippen LogP contribution is 2.31. The molecule has 100 valence electrons. The average molecular weight is 276 g/mol. The first-order chi connectivity index (χ1) is 8.11. The van der Waals surface area contributed by atoms with Crippen molar-refractivity contribution in [3.8, 4) is 0 Å². The third kappa shape index (κ3) is 4.07. The van der Waals surface area contributed by atoms with E-state index in [1.807, 2.05) is 30.0 Å². The first-order valence-electron chi connectivity index (χ1n) is 6.15. The monoisotopic (exact) mass is 276 g/mol. The Morgan fingerprint density at radius 3 is 2.76 bits per heavy atom. The summed E-state index contributed by atoms with van der Waals surface area (Å²) in [7, 11) is 1.92. The van der Waals surface area contributed by atoms with Crippen molar-refractivity contribution in [3.05, 3.63) is 0 Å². The van der Waals surface area contributed by atoms with E-state index in [4.69, 9.17) is 5.73 Å². The lowest BCUT2D eigenvalue weighted by molar-refractivity contribution is -0.133. The van der Waals surface area contributed by atoms with Crippen molar-refractivity contribution in [3.63, 3.8) is 0 Å². The van der Waals surface area contributed by atoms with Crippen LogP contribution < -0.4 is 5.73 Å². The minimum absolute atomic E-state index is 0.116. The SMILES string of the molecule is CSCC[C@H](N)C(=O)N(C)[C@@H]1CCC[C@H]1SC. The zero-order valence-electron chi connectivity index (χ0n) is 11.0. The van der Waals surface area contributed by atoms with Gasteiger partial charge in [0.15, 0.2) is 0 Å². The van der Waals surface area contributed by atoms with E-state index in [2.05, 4.69) is 6.26 Å². The maximum absolute atomic E-state index is 12.2. The molecule has 1 amide bonds. The van der Waals surface area contributed by atoms with E-state index < -0.39 is 0 Å². The largest absolute Gasteiger partial charge is 0.340 e. The molecule has 3 nitrogen and oxygen atoms in total. The van der Waals surface area contributed by atoms with Crippen molar-refractivity contribution in [2.24, 2.45) is 5.73 Å². The Hall–Kier alpha value is 0.130. The molecular formula is C12H24N2OS2. The molecule has 0 bridgehead atoms. The highest BCUT2D eigenvalue weighted by atomic mass is 32.2. The molecule has 0 aliphatic heterocycles. The van der Waals surface area contributed by atoms with Crippen LogP contribution in [0.1, 0.15) is 25.7 Å². The number of rotatable bonds is 6. The summed E-state index contributed by atoms with van der Waals surface area (Å²) < 4.78 is 0. The van der Waals surface area contributed by atoms with E-state index in [1.165, 1.54) is 12.8 Å². The number of carbonyl (C=O) groups excluding carboxylic acids is 1. The molecule has 1 fully saturated rings. The molecule has 3 atom stereocenters. The number of hydrogen-bond donors (Lipinski definition) is 1. The number of hydrogen-bond acceptors (Lipinski definition) is 4. The summed E-state index contributed by atoms with van der Waals surface area (Å²) in [6, 6.07) is 0.0633. The van der Waals surface area contributed by atoms with Crippen molar-refractivity contribution < 1.29 is 4.79 Å². The summed E-state index contributed by atoms with van der Waals surface area (Å²) in [6.45, 7) is 0. The van der Waals surface area contributed by atoms with Gasteiger partial charge in [0, 0.05) is 18.3 Å². The quantitative estimate of drug-likeness (QED) is 0.804. The Labute approximate surface area is 113 Å². The van der Waals surface area contributed by atoms with Crippen LogP contribution in [-0.4, -0.2) is 53.5 Å². The molecule has 0 heterocycles. The number of carbonyl (C=O) groups is 1. The minimum atomic E-state index is -0.324. The van der Waals surface area contributed by atoms with Gasteiger partial charge in [-0.25, -0.2) is 0 Å². The van der Waals surface area contributed by atoms with Crippen LogP contribution in [0.15, 0.2) is 0 Å². The van der Waals surface area contributed by atoms with E-state index in [0.717, 1.165) is 18.6 Å². The maximum Gasteiger partial charge on any atom is 0.239 e.